The van der Waals surface area contributed by atoms with Crippen molar-refractivity contribution in [2.45, 2.75) is 40.2 Å². The van der Waals surface area contributed by atoms with Gasteiger partial charge in [0.1, 0.15) is 0 Å². The van der Waals surface area contributed by atoms with Gasteiger partial charge in [0.15, 0.2) is 0 Å². The molecule has 1 N–H and O–H groups in total. The molecule has 0 heterocycles. The van der Waals surface area contributed by atoms with Crippen molar-refractivity contribution in [3.05, 3.63) is 35.4 Å². The van der Waals surface area contributed by atoms with Crippen LogP contribution in [0.25, 0.3) is 0 Å². The van der Waals surface area contributed by atoms with Crippen molar-refractivity contribution in [1.82, 2.24) is 5.32 Å². The monoisotopic (exact) mass is 265 g/mol. The minimum absolute atomic E-state index is 0.495. The summed E-state index contributed by atoms with van der Waals surface area (Å²) >= 11 is 2.06. The lowest BCUT2D eigenvalue weighted by atomic mass is 10.0. The summed E-state index contributed by atoms with van der Waals surface area (Å²) < 4.78 is 0. The maximum Gasteiger partial charge on any atom is 0.0414 e. The number of thioether (sulfide) groups is 1. The summed E-state index contributed by atoms with van der Waals surface area (Å²) in [6.07, 6.45) is 1.19. The van der Waals surface area contributed by atoms with Crippen LogP contribution in [0.1, 0.15) is 44.4 Å². The third kappa shape index (κ3) is 5.45. The Balaban J connectivity index is 2.62. The van der Waals surface area contributed by atoms with E-state index in [1.54, 1.807) is 0 Å². The normalized spacial score (nSPS) is 12.9. The van der Waals surface area contributed by atoms with E-state index in [4.69, 9.17) is 0 Å². The molecule has 1 aromatic rings. The van der Waals surface area contributed by atoms with Crippen LogP contribution in [-0.4, -0.2) is 18.1 Å². The summed E-state index contributed by atoms with van der Waals surface area (Å²) in [6, 6.07) is 9.24. The van der Waals surface area contributed by atoms with Crippen molar-refractivity contribution in [2.75, 3.05) is 18.1 Å². The molecule has 1 atom stereocenters. The highest BCUT2D eigenvalue weighted by Gasteiger charge is 2.12. The molecular formula is C16H27NS. The summed E-state index contributed by atoms with van der Waals surface area (Å²) in [4.78, 5) is 0. The molecule has 0 saturated heterocycles. The van der Waals surface area contributed by atoms with E-state index in [0.717, 1.165) is 12.5 Å². The first-order valence-electron chi connectivity index (χ1n) is 7.01. The van der Waals surface area contributed by atoms with Gasteiger partial charge in [-0.1, -0.05) is 45.0 Å². The third-order valence-electron chi connectivity index (χ3n) is 2.94. The molecule has 1 rings (SSSR count). The Morgan fingerprint density at radius 1 is 1.17 bits per heavy atom. The zero-order valence-corrected chi connectivity index (χ0v) is 13.0. The van der Waals surface area contributed by atoms with E-state index in [1.807, 2.05) is 0 Å². The topological polar surface area (TPSA) is 12.0 Å². The Hall–Kier alpha value is -0.470. The molecule has 1 nitrogen and oxygen atoms in total. The Kier molecular flexibility index (Phi) is 7.45. The zero-order chi connectivity index (χ0) is 13.4. The number of nitrogens with one attached hydrogen (secondary N) is 1. The fourth-order valence-electron chi connectivity index (χ4n) is 1.98. The van der Waals surface area contributed by atoms with Gasteiger partial charge in [-0.2, -0.15) is 11.8 Å². The minimum Gasteiger partial charge on any atom is -0.309 e. The fraction of sp³-hybridized carbons (Fsp3) is 0.625. The van der Waals surface area contributed by atoms with Gasteiger partial charge in [0.25, 0.3) is 0 Å². The largest absolute Gasteiger partial charge is 0.309 e. The second-order valence-corrected chi connectivity index (χ2v) is 6.37. The standard InChI is InChI=1S/C16H27NS/c1-5-10-17-16(12-18-11-13(2)3)15-9-7-6-8-14(15)4/h6-9,13,16-17H,5,10-12H2,1-4H3. The van der Waals surface area contributed by atoms with Crippen LogP contribution in [0.5, 0.6) is 0 Å². The molecule has 102 valence electrons. The highest BCUT2D eigenvalue weighted by Crippen LogP contribution is 2.22. The molecule has 0 aromatic heterocycles. The Labute approximate surface area is 117 Å². The van der Waals surface area contributed by atoms with Gasteiger partial charge in [-0.05, 0) is 42.7 Å². The molecule has 18 heavy (non-hydrogen) atoms. The van der Waals surface area contributed by atoms with Crippen molar-refractivity contribution in [2.24, 2.45) is 5.92 Å². The zero-order valence-electron chi connectivity index (χ0n) is 12.2. The van der Waals surface area contributed by atoms with Crippen LogP contribution in [0.2, 0.25) is 0 Å². The van der Waals surface area contributed by atoms with Gasteiger partial charge in [0, 0.05) is 11.8 Å². The van der Waals surface area contributed by atoms with Gasteiger partial charge in [0.05, 0.1) is 0 Å². The van der Waals surface area contributed by atoms with Gasteiger partial charge in [-0.15, -0.1) is 0 Å². The quantitative estimate of drug-likeness (QED) is 0.746. The van der Waals surface area contributed by atoms with Crippen molar-refractivity contribution < 1.29 is 0 Å². The van der Waals surface area contributed by atoms with E-state index >= 15 is 0 Å². The number of aryl methyl sites for hydroxylation is 1. The molecule has 2 heteroatoms. The first kappa shape index (κ1) is 15.6. The molecule has 0 aliphatic rings. The van der Waals surface area contributed by atoms with Gasteiger partial charge < -0.3 is 5.32 Å². The lowest BCUT2D eigenvalue weighted by Gasteiger charge is -2.21. The second-order valence-electron chi connectivity index (χ2n) is 5.29. The van der Waals surface area contributed by atoms with E-state index < -0.39 is 0 Å². The molecule has 1 aromatic carbocycles. The van der Waals surface area contributed by atoms with E-state index in [2.05, 4.69) is 69.0 Å². The Morgan fingerprint density at radius 3 is 2.50 bits per heavy atom. The van der Waals surface area contributed by atoms with Crippen molar-refractivity contribution >= 4 is 11.8 Å². The van der Waals surface area contributed by atoms with Crippen LogP contribution in [0.15, 0.2) is 24.3 Å². The lowest BCUT2D eigenvalue weighted by molar-refractivity contribution is 0.574. The Bertz CT molecular complexity index is 336. The molecule has 0 fully saturated rings. The maximum absolute atomic E-state index is 3.68. The Morgan fingerprint density at radius 2 is 1.89 bits per heavy atom. The van der Waals surface area contributed by atoms with E-state index in [-0.39, 0.29) is 0 Å². The van der Waals surface area contributed by atoms with Crippen LogP contribution in [-0.2, 0) is 0 Å². The SMILES string of the molecule is CCCNC(CSCC(C)C)c1ccccc1C. The van der Waals surface area contributed by atoms with Crippen LogP contribution in [0.4, 0.5) is 0 Å². The maximum atomic E-state index is 3.68. The van der Waals surface area contributed by atoms with E-state index in [1.165, 1.54) is 29.1 Å². The molecule has 0 aliphatic carbocycles. The van der Waals surface area contributed by atoms with E-state index in [0.29, 0.717) is 6.04 Å². The number of hydrogen-bond acceptors (Lipinski definition) is 2. The molecule has 0 spiro atoms. The number of rotatable bonds is 8. The van der Waals surface area contributed by atoms with Crippen molar-refractivity contribution in [1.29, 1.82) is 0 Å². The molecule has 0 saturated carbocycles. The van der Waals surface area contributed by atoms with Gasteiger partial charge in [-0.3, -0.25) is 0 Å². The van der Waals surface area contributed by atoms with Crippen LogP contribution < -0.4 is 5.32 Å². The summed E-state index contributed by atoms with van der Waals surface area (Å²) in [6.45, 7) is 10.1. The highest BCUT2D eigenvalue weighted by atomic mass is 32.2. The van der Waals surface area contributed by atoms with Gasteiger partial charge in [0.2, 0.25) is 0 Å². The lowest BCUT2D eigenvalue weighted by Crippen LogP contribution is -2.25. The predicted molar refractivity (Wildman–Crippen MR) is 84.4 cm³/mol. The van der Waals surface area contributed by atoms with Gasteiger partial charge in [-0.25, -0.2) is 0 Å². The molecule has 1 unspecified atom stereocenters. The fourth-order valence-corrected chi connectivity index (χ4v) is 3.12. The number of hydrogen-bond donors (Lipinski definition) is 1. The average Bonchev–Trinajstić information content (AvgIpc) is 2.34. The first-order chi connectivity index (χ1) is 8.65. The third-order valence-corrected chi connectivity index (χ3v) is 4.41. The number of benzene rings is 1. The van der Waals surface area contributed by atoms with Crippen molar-refractivity contribution in [3.63, 3.8) is 0 Å². The molecule has 0 aliphatic heterocycles. The first-order valence-corrected chi connectivity index (χ1v) is 8.17. The summed E-state index contributed by atoms with van der Waals surface area (Å²) in [5.74, 6) is 3.19. The van der Waals surface area contributed by atoms with Crippen LogP contribution >= 0.6 is 11.8 Å². The molecule has 0 radical (unpaired) electrons. The average molecular weight is 265 g/mol. The van der Waals surface area contributed by atoms with Crippen molar-refractivity contribution in [3.8, 4) is 0 Å². The molecule has 0 bridgehead atoms. The highest BCUT2D eigenvalue weighted by molar-refractivity contribution is 7.99. The van der Waals surface area contributed by atoms with Crippen LogP contribution in [0.3, 0.4) is 0 Å². The van der Waals surface area contributed by atoms with E-state index in [9.17, 15) is 0 Å². The predicted octanol–water partition coefficient (Wildman–Crippen LogP) is 4.42. The van der Waals surface area contributed by atoms with Gasteiger partial charge >= 0.3 is 0 Å². The summed E-state index contributed by atoms with van der Waals surface area (Å²) in [5, 5.41) is 3.68. The summed E-state index contributed by atoms with van der Waals surface area (Å²) in [7, 11) is 0. The molecular weight excluding hydrogens is 238 g/mol. The van der Waals surface area contributed by atoms with Crippen LogP contribution in [0, 0.1) is 12.8 Å². The minimum atomic E-state index is 0.495. The summed E-state index contributed by atoms with van der Waals surface area (Å²) in [5.41, 5.74) is 2.86. The smallest absolute Gasteiger partial charge is 0.0414 e. The second kappa shape index (κ2) is 8.60. The molecule has 0 amide bonds.